The van der Waals surface area contributed by atoms with Gasteiger partial charge in [0.25, 0.3) is 0 Å². The first kappa shape index (κ1) is 15.0. The Kier molecular flexibility index (Phi) is 3.98. The number of nitriles is 1. The molecule has 1 aromatic heterocycles. The first-order valence-electron chi connectivity index (χ1n) is 7.30. The van der Waals surface area contributed by atoms with Crippen molar-refractivity contribution in [2.24, 2.45) is 0 Å². The van der Waals surface area contributed by atoms with Gasteiger partial charge in [-0.3, -0.25) is 4.39 Å². The van der Waals surface area contributed by atoms with Gasteiger partial charge in [0.15, 0.2) is 0 Å². The Morgan fingerprint density at radius 2 is 2.13 bits per heavy atom. The summed E-state index contributed by atoms with van der Waals surface area (Å²) in [4.78, 5) is 12.1. The highest BCUT2D eigenvalue weighted by Gasteiger charge is 2.18. The van der Waals surface area contributed by atoms with Crippen LogP contribution in [0.1, 0.15) is 22.3 Å². The summed E-state index contributed by atoms with van der Waals surface area (Å²) in [7, 11) is 1.34. The predicted molar refractivity (Wildman–Crippen MR) is 86.1 cm³/mol. The van der Waals surface area contributed by atoms with Gasteiger partial charge in [0.1, 0.15) is 0 Å². The van der Waals surface area contributed by atoms with Crippen LogP contribution < -0.4 is 0 Å². The number of esters is 1. The lowest BCUT2D eigenvalue weighted by Crippen LogP contribution is -2.02. The lowest BCUT2D eigenvalue weighted by atomic mass is 10.0. The highest BCUT2D eigenvalue weighted by atomic mass is 19.1. The van der Waals surface area contributed by atoms with E-state index in [0.29, 0.717) is 24.1 Å². The fourth-order valence-electron chi connectivity index (χ4n) is 2.96. The zero-order chi connectivity index (χ0) is 16.4. The summed E-state index contributed by atoms with van der Waals surface area (Å²) in [6, 6.07) is 12.8. The molecule has 2 aromatic carbocycles. The second-order valence-electron chi connectivity index (χ2n) is 5.23. The van der Waals surface area contributed by atoms with Gasteiger partial charge in [0.05, 0.1) is 31.0 Å². The number of halogens is 1. The van der Waals surface area contributed by atoms with Crippen molar-refractivity contribution in [2.45, 2.75) is 13.0 Å². The van der Waals surface area contributed by atoms with Crippen LogP contribution in [0.15, 0.2) is 36.4 Å². The fraction of sp³-hybridized carbons (Fsp3) is 0.222. The number of alkyl halides is 1. The topological polar surface area (TPSA) is 55.0 Å². The summed E-state index contributed by atoms with van der Waals surface area (Å²) < 4.78 is 19.5. The van der Waals surface area contributed by atoms with Gasteiger partial charge in [-0.05, 0) is 36.8 Å². The number of benzene rings is 2. The third-order valence-electron chi connectivity index (χ3n) is 3.94. The van der Waals surface area contributed by atoms with Crippen molar-refractivity contribution in [2.75, 3.05) is 13.8 Å². The van der Waals surface area contributed by atoms with Crippen LogP contribution in [-0.2, 0) is 11.3 Å². The van der Waals surface area contributed by atoms with Gasteiger partial charge >= 0.3 is 5.97 Å². The van der Waals surface area contributed by atoms with E-state index in [4.69, 9.17) is 10.00 Å². The molecule has 0 N–H and O–H groups in total. The van der Waals surface area contributed by atoms with Gasteiger partial charge in [-0.2, -0.15) is 5.26 Å². The van der Waals surface area contributed by atoms with E-state index in [9.17, 15) is 9.18 Å². The van der Waals surface area contributed by atoms with E-state index in [1.165, 1.54) is 7.11 Å². The third-order valence-corrected chi connectivity index (χ3v) is 3.94. The minimum absolute atomic E-state index is 0.390. The molecule has 0 saturated heterocycles. The van der Waals surface area contributed by atoms with E-state index < -0.39 is 12.6 Å². The molecule has 0 aliphatic heterocycles. The Bertz CT molecular complexity index is 937. The second kappa shape index (κ2) is 6.09. The molecule has 0 radical (unpaired) electrons. The summed E-state index contributed by atoms with van der Waals surface area (Å²) >= 11 is 0. The van der Waals surface area contributed by atoms with Crippen molar-refractivity contribution in [3.63, 3.8) is 0 Å². The van der Waals surface area contributed by atoms with E-state index in [1.807, 2.05) is 16.7 Å². The number of carbonyl (C=O) groups is 1. The lowest BCUT2D eigenvalue weighted by molar-refractivity contribution is 0.0603. The summed E-state index contributed by atoms with van der Waals surface area (Å²) in [6.07, 6.45) is 0.390. The number of fused-ring (bicyclic) bond motifs is 3. The molecule has 1 heterocycles. The molecule has 0 bridgehead atoms. The molecule has 0 spiro atoms. The van der Waals surface area contributed by atoms with Crippen LogP contribution in [0.3, 0.4) is 0 Å². The molecule has 0 saturated carbocycles. The normalized spacial score (nSPS) is 10.8. The Morgan fingerprint density at radius 3 is 2.83 bits per heavy atom. The molecule has 0 unspecified atom stereocenters. The molecule has 0 aliphatic carbocycles. The molecule has 0 fully saturated rings. The summed E-state index contributed by atoms with van der Waals surface area (Å²) in [5.41, 5.74) is 2.68. The Morgan fingerprint density at radius 1 is 1.30 bits per heavy atom. The Balaban J connectivity index is 2.42. The fourth-order valence-corrected chi connectivity index (χ4v) is 2.96. The molecule has 0 aliphatic rings. The molecule has 5 heteroatoms. The average Bonchev–Trinajstić information content (AvgIpc) is 2.92. The SMILES string of the molecule is COC(=O)c1cccc2c1c1cc(C#N)ccc1n2CCCF. The van der Waals surface area contributed by atoms with Crippen molar-refractivity contribution >= 4 is 27.8 Å². The molecule has 116 valence electrons. The molecule has 4 nitrogen and oxygen atoms in total. The van der Waals surface area contributed by atoms with Crippen LogP contribution >= 0.6 is 0 Å². The van der Waals surface area contributed by atoms with Crippen molar-refractivity contribution in [1.29, 1.82) is 5.26 Å². The van der Waals surface area contributed by atoms with Crippen LogP contribution in [0.2, 0.25) is 0 Å². The first-order chi connectivity index (χ1) is 11.2. The van der Waals surface area contributed by atoms with Crippen molar-refractivity contribution in [3.05, 3.63) is 47.5 Å². The number of rotatable bonds is 4. The molecular formula is C18H15FN2O2. The number of nitrogens with zero attached hydrogens (tertiary/aromatic N) is 2. The van der Waals surface area contributed by atoms with Crippen LogP contribution in [0.25, 0.3) is 21.8 Å². The maximum atomic E-state index is 12.6. The van der Waals surface area contributed by atoms with E-state index in [-0.39, 0.29) is 0 Å². The Labute approximate surface area is 132 Å². The van der Waals surface area contributed by atoms with Gasteiger partial charge in [0.2, 0.25) is 0 Å². The van der Waals surface area contributed by atoms with Crippen molar-refractivity contribution in [3.8, 4) is 6.07 Å². The predicted octanol–water partition coefficient (Wildman–Crippen LogP) is 3.81. The summed E-state index contributed by atoms with van der Waals surface area (Å²) in [5.74, 6) is -0.428. The largest absolute Gasteiger partial charge is 0.465 e. The molecule has 3 rings (SSSR count). The third kappa shape index (κ3) is 2.42. The zero-order valence-corrected chi connectivity index (χ0v) is 12.7. The smallest absolute Gasteiger partial charge is 0.338 e. The van der Waals surface area contributed by atoms with Gasteiger partial charge in [-0.15, -0.1) is 0 Å². The minimum Gasteiger partial charge on any atom is -0.465 e. The molecule has 3 aromatic rings. The number of hydrogen-bond acceptors (Lipinski definition) is 3. The van der Waals surface area contributed by atoms with Gasteiger partial charge in [0, 0.05) is 28.4 Å². The highest BCUT2D eigenvalue weighted by Crippen LogP contribution is 2.33. The highest BCUT2D eigenvalue weighted by molar-refractivity contribution is 6.17. The number of methoxy groups -OCH3 is 1. The summed E-state index contributed by atoms with van der Waals surface area (Å²) in [6.45, 7) is 0.0984. The van der Waals surface area contributed by atoms with Crippen LogP contribution in [-0.4, -0.2) is 24.3 Å². The quantitative estimate of drug-likeness (QED) is 0.688. The second-order valence-corrected chi connectivity index (χ2v) is 5.23. The van der Waals surface area contributed by atoms with E-state index in [0.717, 1.165) is 21.8 Å². The number of aryl methyl sites for hydroxylation is 1. The maximum absolute atomic E-state index is 12.6. The van der Waals surface area contributed by atoms with Crippen molar-refractivity contribution < 1.29 is 13.9 Å². The first-order valence-corrected chi connectivity index (χ1v) is 7.30. The van der Waals surface area contributed by atoms with Crippen LogP contribution in [0.4, 0.5) is 4.39 Å². The standard InChI is InChI=1S/C18H15FN2O2/c1-23-18(22)13-4-2-5-16-17(13)14-10-12(11-20)6-7-15(14)21(16)9-3-8-19/h2,4-7,10H,3,8-9H2,1H3. The average molecular weight is 310 g/mol. The van der Waals surface area contributed by atoms with Crippen molar-refractivity contribution in [1.82, 2.24) is 4.57 Å². The van der Waals surface area contributed by atoms with E-state index in [2.05, 4.69) is 6.07 Å². The number of hydrogen-bond donors (Lipinski definition) is 0. The number of ether oxygens (including phenoxy) is 1. The molecule has 0 atom stereocenters. The van der Waals surface area contributed by atoms with E-state index in [1.54, 1.807) is 24.3 Å². The monoisotopic (exact) mass is 310 g/mol. The number of aromatic nitrogens is 1. The van der Waals surface area contributed by atoms with E-state index >= 15 is 0 Å². The van der Waals surface area contributed by atoms with Gasteiger partial charge in [-0.1, -0.05) is 6.07 Å². The van der Waals surface area contributed by atoms with Gasteiger partial charge < -0.3 is 9.30 Å². The van der Waals surface area contributed by atoms with Gasteiger partial charge in [-0.25, -0.2) is 4.79 Å². The summed E-state index contributed by atoms with van der Waals surface area (Å²) in [5, 5.41) is 10.7. The number of carbonyl (C=O) groups excluding carboxylic acids is 1. The molecule has 23 heavy (non-hydrogen) atoms. The van der Waals surface area contributed by atoms with Crippen LogP contribution in [0, 0.1) is 11.3 Å². The lowest BCUT2D eigenvalue weighted by Gasteiger charge is -2.06. The maximum Gasteiger partial charge on any atom is 0.338 e. The molecular weight excluding hydrogens is 295 g/mol. The Hall–Kier alpha value is -2.87. The van der Waals surface area contributed by atoms with Crippen LogP contribution in [0.5, 0.6) is 0 Å². The molecule has 0 amide bonds. The minimum atomic E-state index is -0.428. The zero-order valence-electron chi connectivity index (χ0n) is 12.7.